The highest BCUT2D eigenvalue weighted by Crippen LogP contribution is 2.27. The van der Waals surface area contributed by atoms with Crippen molar-refractivity contribution in [2.24, 2.45) is 0 Å². The molecule has 0 atom stereocenters. The van der Waals surface area contributed by atoms with Gasteiger partial charge in [-0.1, -0.05) is 11.6 Å². The number of benzene rings is 1. The van der Waals surface area contributed by atoms with E-state index in [1.165, 1.54) is 11.8 Å². The van der Waals surface area contributed by atoms with Gasteiger partial charge in [-0.2, -0.15) is 0 Å². The van der Waals surface area contributed by atoms with Crippen LogP contribution in [0.2, 0.25) is 5.02 Å². The molecule has 0 saturated carbocycles. The first kappa shape index (κ1) is 22.8. The van der Waals surface area contributed by atoms with Gasteiger partial charge < -0.3 is 14.6 Å². The molecule has 0 aliphatic carbocycles. The van der Waals surface area contributed by atoms with E-state index in [1.807, 2.05) is 20.1 Å². The van der Waals surface area contributed by atoms with Gasteiger partial charge in [0.05, 0.1) is 28.1 Å². The third-order valence-corrected chi connectivity index (χ3v) is 5.72. The molecule has 2 aromatic heterocycles. The molecule has 162 valence electrons. The predicted octanol–water partition coefficient (Wildman–Crippen LogP) is 5.15. The van der Waals surface area contributed by atoms with Crippen molar-refractivity contribution in [3.8, 4) is 11.6 Å². The summed E-state index contributed by atoms with van der Waals surface area (Å²) in [7, 11) is 0. The van der Waals surface area contributed by atoms with Gasteiger partial charge in [0.2, 0.25) is 0 Å². The number of halogens is 1. The summed E-state index contributed by atoms with van der Waals surface area (Å²) in [4.78, 5) is 36.1. The average molecular weight is 459 g/mol. The number of rotatable bonds is 7. The molecular weight excluding hydrogens is 436 g/mol. The molecule has 0 bridgehead atoms. The average Bonchev–Trinajstić information content (AvgIpc) is 3.28. The Labute approximate surface area is 190 Å². The molecule has 0 aliphatic rings. The summed E-state index contributed by atoms with van der Waals surface area (Å²) in [5, 5.41) is 3.64. The Hall–Kier alpha value is -2.84. The van der Waals surface area contributed by atoms with Crippen molar-refractivity contribution in [1.29, 1.82) is 0 Å². The summed E-state index contributed by atoms with van der Waals surface area (Å²) >= 11 is 7.69. The van der Waals surface area contributed by atoms with Crippen LogP contribution in [0.1, 0.15) is 40.3 Å². The van der Waals surface area contributed by atoms with Crippen LogP contribution in [-0.2, 0) is 0 Å². The topological polar surface area (TPSA) is 88.3 Å². The molecule has 9 heteroatoms. The van der Waals surface area contributed by atoms with Gasteiger partial charge in [-0.3, -0.25) is 9.59 Å². The minimum absolute atomic E-state index is 0.143. The fraction of sp³-hybridized carbons (Fsp3) is 0.273. The van der Waals surface area contributed by atoms with Crippen molar-refractivity contribution in [3.05, 3.63) is 58.4 Å². The van der Waals surface area contributed by atoms with Crippen LogP contribution in [0.4, 0.5) is 5.69 Å². The minimum Gasteiger partial charge on any atom is -0.461 e. The molecule has 3 rings (SSSR count). The number of carbonyl (C=O) groups is 2. The molecule has 7 nitrogen and oxygen atoms in total. The second-order valence-corrected chi connectivity index (χ2v) is 7.82. The number of furan rings is 1. The zero-order valence-electron chi connectivity index (χ0n) is 17.7. The van der Waals surface area contributed by atoms with Gasteiger partial charge in [0.25, 0.3) is 11.8 Å². The number of amides is 2. The third kappa shape index (κ3) is 4.91. The SMILES string of the molecule is CCN(CC)C(=O)c1ccc(NC(=O)c2c(C)nc(-c3ccco3)nc2SC)cc1Cl. The number of thioether (sulfide) groups is 1. The third-order valence-electron chi connectivity index (χ3n) is 4.73. The van der Waals surface area contributed by atoms with E-state index >= 15 is 0 Å². The summed E-state index contributed by atoms with van der Waals surface area (Å²) in [6, 6.07) is 8.37. The van der Waals surface area contributed by atoms with Crippen LogP contribution in [0.25, 0.3) is 11.6 Å². The molecule has 1 aromatic carbocycles. The van der Waals surface area contributed by atoms with Crippen LogP contribution >= 0.6 is 23.4 Å². The van der Waals surface area contributed by atoms with Gasteiger partial charge >= 0.3 is 0 Å². The van der Waals surface area contributed by atoms with E-state index in [0.717, 1.165) is 0 Å². The Morgan fingerprint density at radius 3 is 2.52 bits per heavy atom. The zero-order chi connectivity index (χ0) is 22.5. The largest absolute Gasteiger partial charge is 0.461 e. The van der Waals surface area contributed by atoms with Gasteiger partial charge in [-0.05, 0) is 57.4 Å². The van der Waals surface area contributed by atoms with Crippen molar-refractivity contribution in [1.82, 2.24) is 14.9 Å². The van der Waals surface area contributed by atoms with Crippen molar-refractivity contribution < 1.29 is 14.0 Å². The highest BCUT2D eigenvalue weighted by atomic mass is 35.5. The molecule has 31 heavy (non-hydrogen) atoms. The molecule has 0 spiro atoms. The molecule has 0 aliphatic heterocycles. The number of anilines is 1. The predicted molar refractivity (Wildman–Crippen MR) is 123 cm³/mol. The Kier molecular flexibility index (Phi) is 7.35. The lowest BCUT2D eigenvalue weighted by atomic mass is 10.1. The Balaban J connectivity index is 1.86. The van der Waals surface area contributed by atoms with Crippen molar-refractivity contribution in [2.45, 2.75) is 25.8 Å². The van der Waals surface area contributed by atoms with E-state index in [-0.39, 0.29) is 16.8 Å². The smallest absolute Gasteiger partial charge is 0.260 e. The lowest BCUT2D eigenvalue weighted by Gasteiger charge is -2.19. The maximum atomic E-state index is 13.0. The van der Waals surface area contributed by atoms with Gasteiger partial charge in [0.1, 0.15) is 5.03 Å². The molecule has 0 fully saturated rings. The van der Waals surface area contributed by atoms with Gasteiger partial charge in [-0.25, -0.2) is 9.97 Å². The number of aryl methyl sites for hydroxylation is 1. The molecule has 0 unspecified atom stereocenters. The van der Waals surface area contributed by atoms with Gasteiger partial charge in [0.15, 0.2) is 11.6 Å². The van der Waals surface area contributed by atoms with Crippen molar-refractivity contribution in [3.63, 3.8) is 0 Å². The lowest BCUT2D eigenvalue weighted by molar-refractivity contribution is 0.0773. The quantitative estimate of drug-likeness (QED) is 0.389. The highest BCUT2D eigenvalue weighted by molar-refractivity contribution is 7.98. The maximum Gasteiger partial charge on any atom is 0.260 e. The number of hydrogen-bond donors (Lipinski definition) is 1. The van der Waals surface area contributed by atoms with E-state index in [2.05, 4.69) is 15.3 Å². The summed E-state index contributed by atoms with van der Waals surface area (Å²) in [5.41, 5.74) is 1.79. The van der Waals surface area contributed by atoms with Gasteiger partial charge in [-0.15, -0.1) is 11.8 Å². The van der Waals surface area contributed by atoms with E-state index in [0.29, 0.717) is 52.2 Å². The fourth-order valence-electron chi connectivity index (χ4n) is 3.11. The molecule has 2 amide bonds. The monoisotopic (exact) mass is 458 g/mol. The Morgan fingerprint density at radius 1 is 1.19 bits per heavy atom. The first-order valence-corrected chi connectivity index (χ1v) is 11.4. The van der Waals surface area contributed by atoms with Crippen LogP contribution in [0.5, 0.6) is 0 Å². The van der Waals surface area contributed by atoms with Crippen LogP contribution in [0, 0.1) is 6.92 Å². The van der Waals surface area contributed by atoms with E-state index < -0.39 is 0 Å². The summed E-state index contributed by atoms with van der Waals surface area (Å²) in [6.45, 7) is 6.76. The van der Waals surface area contributed by atoms with Crippen LogP contribution in [-0.4, -0.2) is 46.0 Å². The zero-order valence-corrected chi connectivity index (χ0v) is 19.3. The number of nitrogens with one attached hydrogen (secondary N) is 1. The summed E-state index contributed by atoms with van der Waals surface area (Å²) in [5.74, 6) is 0.457. The maximum absolute atomic E-state index is 13.0. The second-order valence-electron chi connectivity index (χ2n) is 6.62. The molecular formula is C22H23ClN4O3S. The van der Waals surface area contributed by atoms with E-state index in [4.69, 9.17) is 16.0 Å². The standard InChI is InChI=1S/C22H23ClN4O3S/c1-5-27(6-2)22(29)15-10-9-14(12-16(15)23)25-20(28)18-13(3)24-19(26-21(18)31-4)17-8-7-11-30-17/h7-12H,5-6H2,1-4H3,(H,25,28). The number of nitrogens with zero attached hydrogens (tertiary/aromatic N) is 3. The highest BCUT2D eigenvalue weighted by Gasteiger charge is 2.21. The first-order valence-electron chi connectivity index (χ1n) is 9.76. The first-order chi connectivity index (χ1) is 14.9. The second kappa shape index (κ2) is 9.98. The van der Waals surface area contributed by atoms with Crippen LogP contribution < -0.4 is 5.32 Å². The van der Waals surface area contributed by atoms with Crippen molar-refractivity contribution in [2.75, 3.05) is 24.7 Å². The molecule has 3 aromatic rings. The summed E-state index contributed by atoms with van der Waals surface area (Å²) in [6.07, 6.45) is 3.39. The van der Waals surface area contributed by atoms with E-state index in [1.54, 1.807) is 48.4 Å². The number of aromatic nitrogens is 2. The van der Waals surface area contributed by atoms with E-state index in [9.17, 15) is 9.59 Å². The Bertz CT molecular complexity index is 1100. The molecule has 0 saturated heterocycles. The minimum atomic E-state index is -0.355. The lowest BCUT2D eigenvalue weighted by Crippen LogP contribution is -2.30. The number of carbonyl (C=O) groups excluding carboxylic acids is 2. The molecule has 1 N–H and O–H groups in total. The Morgan fingerprint density at radius 2 is 1.94 bits per heavy atom. The van der Waals surface area contributed by atoms with Crippen molar-refractivity contribution >= 4 is 40.9 Å². The summed E-state index contributed by atoms with van der Waals surface area (Å²) < 4.78 is 5.37. The van der Waals surface area contributed by atoms with Crippen LogP contribution in [0.3, 0.4) is 0 Å². The molecule has 2 heterocycles. The fourth-order valence-corrected chi connectivity index (χ4v) is 4.00. The molecule has 0 radical (unpaired) electrons. The number of hydrogen-bond acceptors (Lipinski definition) is 6. The van der Waals surface area contributed by atoms with Crippen LogP contribution in [0.15, 0.2) is 46.0 Å². The normalized spacial score (nSPS) is 10.7. The van der Waals surface area contributed by atoms with Gasteiger partial charge in [0, 0.05) is 18.8 Å².